The van der Waals surface area contributed by atoms with Crippen LogP contribution in [0.3, 0.4) is 0 Å². The minimum absolute atomic E-state index is 0.336. The van der Waals surface area contributed by atoms with Crippen LogP contribution in [0.15, 0.2) is 24.3 Å². The van der Waals surface area contributed by atoms with Gasteiger partial charge in [0, 0.05) is 18.8 Å². The van der Waals surface area contributed by atoms with E-state index < -0.39 is 0 Å². The molecule has 1 aromatic rings. The first-order valence-corrected chi connectivity index (χ1v) is 7.66. The molecular formula is C16H27NS. The summed E-state index contributed by atoms with van der Waals surface area (Å²) in [6.45, 7) is 11.1. The average molecular weight is 265 g/mol. The Morgan fingerprint density at radius 3 is 2.28 bits per heavy atom. The van der Waals surface area contributed by atoms with E-state index in [-0.39, 0.29) is 0 Å². The summed E-state index contributed by atoms with van der Waals surface area (Å²) in [5.74, 6) is 0.961. The first kappa shape index (κ1) is 15.4. The third-order valence-corrected chi connectivity index (χ3v) is 4.78. The molecule has 0 radical (unpaired) electrons. The van der Waals surface area contributed by atoms with E-state index in [0.29, 0.717) is 5.41 Å². The van der Waals surface area contributed by atoms with Crippen LogP contribution in [0.25, 0.3) is 0 Å². The maximum Gasteiger partial charge on any atom is 0.0368 e. The second kappa shape index (κ2) is 7.08. The molecule has 0 aliphatic carbocycles. The highest BCUT2D eigenvalue weighted by molar-refractivity contribution is 7.80. The van der Waals surface area contributed by atoms with Gasteiger partial charge < -0.3 is 4.90 Å². The molecule has 18 heavy (non-hydrogen) atoms. The molecular weight excluding hydrogens is 238 g/mol. The highest BCUT2D eigenvalue weighted by Crippen LogP contribution is 2.31. The molecule has 0 heterocycles. The lowest BCUT2D eigenvalue weighted by atomic mass is 9.83. The minimum Gasteiger partial charge on any atom is -0.371 e. The standard InChI is InChI=1S/C16H27NS/c1-5-16(6-2,13-18)12-17(7-3)15-10-8-9-14(4)11-15/h8-11,18H,5-7,12-13H2,1-4H3. The fourth-order valence-corrected chi connectivity index (χ4v) is 2.91. The zero-order valence-electron chi connectivity index (χ0n) is 12.2. The maximum atomic E-state index is 4.58. The average Bonchev–Trinajstić information content (AvgIpc) is 2.41. The predicted molar refractivity (Wildman–Crippen MR) is 85.9 cm³/mol. The number of aryl methyl sites for hydroxylation is 1. The van der Waals surface area contributed by atoms with Gasteiger partial charge in [-0.15, -0.1) is 0 Å². The Labute approximate surface area is 118 Å². The van der Waals surface area contributed by atoms with Crippen molar-refractivity contribution in [2.24, 2.45) is 5.41 Å². The number of benzene rings is 1. The molecule has 0 aromatic heterocycles. The first-order chi connectivity index (χ1) is 8.60. The van der Waals surface area contributed by atoms with E-state index in [2.05, 4.69) is 69.5 Å². The molecule has 0 aliphatic rings. The summed E-state index contributed by atoms with van der Waals surface area (Å²) in [5.41, 5.74) is 3.00. The summed E-state index contributed by atoms with van der Waals surface area (Å²) in [6, 6.07) is 8.79. The van der Waals surface area contributed by atoms with Gasteiger partial charge in [-0.05, 0) is 55.6 Å². The summed E-state index contributed by atoms with van der Waals surface area (Å²) < 4.78 is 0. The predicted octanol–water partition coefficient (Wildman–Crippen LogP) is 4.56. The Hall–Kier alpha value is -0.630. The molecule has 102 valence electrons. The molecule has 0 N–H and O–H groups in total. The van der Waals surface area contributed by atoms with Gasteiger partial charge in [0.25, 0.3) is 0 Å². The van der Waals surface area contributed by atoms with Crippen LogP contribution in [-0.2, 0) is 0 Å². The van der Waals surface area contributed by atoms with Crippen molar-refractivity contribution >= 4 is 18.3 Å². The van der Waals surface area contributed by atoms with Crippen LogP contribution < -0.4 is 4.90 Å². The summed E-state index contributed by atoms with van der Waals surface area (Å²) >= 11 is 4.58. The smallest absolute Gasteiger partial charge is 0.0368 e. The quantitative estimate of drug-likeness (QED) is 0.707. The highest BCUT2D eigenvalue weighted by Gasteiger charge is 2.27. The van der Waals surface area contributed by atoms with E-state index in [1.165, 1.54) is 24.1 Å². The van der Waals surface area contributed by atoms with Crippen molar-refractivity contribution in [2.45, 2.75) is 40.5 Å². The zero-order valence-corrected chi connectivity index (χ0v) is 13.1. The van der Waals surface area contributed by atoms with Crippen LogP contribution in [0.4, 0.5) is 5.69 Å². The van der Waals surface area contributed by atoms with Crippen molar-refractivity contribution in [3.63, 3.8) is 0 Å². The van der Waals surface area contributed by atoms with Crippen molar-refractivity contribution in [1.82, 2.24) is 0 Å². The Morgan fingerprint density at radius 1 is 1.17 bits per heavy atom. The molecule has 2 heteroatoms. The Kier molecular flexibility index (Phi) is 6.07. The molecule has 1 nitrogen and oxygen atoms in total. The summed E-state index contributed by atoms with van der Waals surface area (Å²) in [6.07, 6.45) is 2.38. The fraction of sp³-hybridized carbons (Fsp3) is 0.625. The van der Waals surface area contributed by atoms with Gasteiger partial charge in [-0.3, -0.25) is 0 Å². The van der Waals surface area contributed by atoms with Gasteiger partial charge in [-0.25, -0.2) is 0 Å². The summed E-state index contributed by atoms with van der Waals surface area (Å²) in [4.78, 5) is 2.48. The number of rotatable bonds is 7. The van der Waals surface area contributed by atoms with E-state index >= 15 is 0 Å². The van der Waals surface area contributed by atoms with Crippen molar-refractivity contribution < 1.29 is 0 Å². The van der Waals surface area contributed by atoms with E-state index in [9.17, 15) is 0 Å². The monoisotopic (exact) mass is 265 g/mol. The topological polar surface area (TPSA) is 3.24 Å². The van der Waals surface area contributed by atoms with Gasteiger partial charge in [0.1, 0.15) is 0 Å². The maximum absolute atomic E-state index is 4.58. The van der Waals surface area contributed by atoms with E-state index in [0.717, 1.165) is 18.8 Å². The lowest BCUT2D eigenvalue weighted by molar-refractivity contribution is 0.311. The van der Waals surface area contributed by atoms with Crippen LogP contribution in [0.2, 0.25) is 0 Å². The SMILES string of the molecule is CCN(CC(CC)(CC)CS)c1cccc(C)c1. The number of anilines is 1. The van der Waals surface area contributed by atoms with Crippen LogP contribution in [0.5, 0.6) is 0 Å². The lowest BCUT2D eigenvalue weighted by Gasteiger charge is -2.37. The van der Waals surface area contributed by atoms with Crippen LogP contribution in [0.1, 0.15) is 39.2 Å². The molecule has 0 spiro atoms. The van der Waals surface area contributed by atoms with Crippen LogP contribution in [0, 0.1) is 12.3 Å². The largest absolute Gasteiger partial charge is 0.371 e. The summed E-state index contributed by atoms with van der Waals surface area (Å²) in [5, 5.41) is 0. The van der Waals surface area contributed by atoms with Gasteiger partial charge in [-0.1, -0.05) is 26.0 Å². The van der Waals surface area contributed by atoms with Crippen LogP contribution >= 0.6 is 12.6 Å². The highest BCUT2D eigenvalue weighted by atomic mass is 32.1. The molecule has 0 bridgehead atoms. The first-order valence-electron chi connectivity index (χ1n) is 7.03. The molecule has 0 atom stereocenters. The molecule has 0 amide bonds. The third kappa shape index (κ3) is 3.68. The number of hydrogen-bond donors (Lipinski definition) is 1. The minimum atomic E-state index is 0.336. The Bertz CT molecular complexity index is 350. The Balaban J connectivity index is 2.90. The Morgan fingerprint density at radius 2 is 1.83 bits per heavy atom. The lowest BCUT2D eigenvalue weighted by Crippen LogP contribution is -2.38. The molecule has 1 aromatic carbocycles. The number of nitrogens with zero attached hydrogens (tertiary/aromatic N) is 1. The number of thiol groups is 1. The van der Waals surface area contributed by atoms with Gasteiger partial charge in [0.15, 0.2) is 0 Å². The molecule has 0 fully saturated rings. The van der Waals surface area contributed by atoms with Crippen LogP contribution in [-0.4, -0.2) is 18.8 Å². The van der Waals surface area contributed by atoms with Crippen molar-refractivity contribution in [3.05, 3.63) is 29.8 Å². The van der Waals surface area contributed by atoms with Crippen molar-refractivity contribution in [3.8, 4) is 0 Å². The zero-order chi connectivity index (χ0) is 13.6. The molecule has 0 aliphatic heterocycles. The second-order valence-corrected chi connectivity index (χ2v) is 5.53. The summed E-state index contributed by atoms with van der Waals surface area (Å²) in [7, 11) is 0. The fourth-order valence-electron chi connectivity index (χ4n) is 2.36. The molecule has 0 unspecified atom stereocenters. The molecule has 1 rings (SSSR count). The van der Waals surface area contributed by atoms with Crippen molar-refractivity contribution in [2.75, 3.05) is 23.7 Å². The van der Waals surface area contributed by atoms with Gasteiger partial charge in [-0.2, -0.15) is 12.6 Å². The van der Waals surface area contributed by atoms with Gasteiger partial charge in [0.05, 0.1) is 0 Å². The van der Waals surface area contributed by atoms with Gasteiger partial charge in [0.2, 0.25) is 0 Å². The normalized spacial score (nSPS) is 11.6. The number of hydrogen-bond acceptors (Lipinski definition) is 2. The third-order valence-electron chi connectivity index (χ3n) is 4.11. The van der Waals surface area contributed by atoms with E-state index in [1.807, 2.05) is 0 Å². The second-order valence-electron chi connectivity index (χ2n) is 5.22. The van der Waals surface area contributed by atoms with Crippen molar-refractivity contribution in [1.29, 1.82) is 0 Å². The van der Waals surface area contributed by atoms with Gasteiger partial charge >= 0.3 is 0 Å². The van der Waals surface area contributed by atoms with E-state index in [1.54, 1.807) is 0 Å². The van der Waals surface area contributed by atoms with E-state index in [4.69, 9.17) is 0 Å². The molecule has 0 saturated carbocycles. The molecule has 0 saturated heterocycles.